The van der Waals surface area contributed by atoms with Gasteiger partial charge in [-0.15, -0.1) is 11.3 Å². The number of amides is 1. The zero-order valence-electron chi connectivity index (χ0n) is 12.9. The van der Waals surface area contributed by atoms with Crippen molar-refractivity contribution in [3.8, 4) is 0 Å². The summed E-state index contributed by atoms with van der Waals surface area (Å²) in [6, 6.07) is 1.37. The van der Waals surface area contributed by atoms with E-state index in [0.29, 0.717) is 18.2 Å². The molecular formula is C14H18N4O3S2. The molecule has 1 saturated heterocycles. The summed E-state index contributed by atoms with van der Waals surface area (Å²) in [5.41, 5.74) is 1.07. The number of nitrogens with one attached hydrogen (secondary N) is 2. The number of aromatic amines is 1. The lowest BCUT2D eigenvalue weighted by atomic mass is 10.4. The molecule has 124 valence electrons. The second-order valence-electron chi connectivity index (χ2n) is 5.47. The Hall–Kier alpha value is -1.71. The Kier molecular flexibility index (Phi) is 4.26. The highest BCUT2D eigenvalue weighted by molar-refractivity contribution is 7.89. The third kappa shape index (κ3) is 3.17. The fourth-order valence-corrected chi connectivity index (χ4v) is 4.74. The van der Waals surface area contributed by atoms with Crippen LogP contribution in [0.4, 0.5) is 5.13 Å². The van der Waals surface area contributed by atoms with E-state index in [2.05, 4.69) is 15.3 Å². The van der Waals surface area contributed by atoms with Gasteiger partial charge < -0.3 is 4.98 Å². The van der Waals surface area contributed by atoms with Crippen LogP contribution in [0.1, 0.15) is 33.9 Å². The van der Waals surface area contributed by atoms with E-state index in [1.54, 1.807) is 0 Å². The number of nitrogens with zero attached hydrogens (tertiary/aromatic N) is 2. The van der Waals surface area contributed by atoms with Crippen LogP contribution in [0.15, 0.2) is 17.2 Å². The van der Waals surface area contributed by atoms with Crippen LogP contribution in [0.5, 0.6) is 0 Å². The Morgan fingerprint density at radius 3 is 2.65 bits per heavy atom. The molecule has 1 aliphatic rings. The van der Waals surface area contributed by atoms with Crippen molar-refractivity contribution in [2.75, 3.05) is 18.4 Å². The second kappa shape index (κ2) is 6.06. The minimum Gasteiger partial charge on any atom is -0.356 e. The van der Waals surface area contributed by atoms with Crippen LogP contribution in [0.2, 0.25) is 0 Å². The van der Waals surface area contributed by atoms with Crippen molar-refractivity contribution >= 4 is 32.4 Å². The third-order valence-corrected chi connectivity index (χ3v) is 6.72. The molecule has 2 N–H and O–H groups in total. The fraction of sp³-hybridized carbons (Fsp3) is 0.429. The first-order valence-corrected chi connectivity index (χ1v) is 9.57. The molecule has 0 radical (unpaired) electrons. The summed E-state index contributed by atoms with van der Waals surface area (Å²) in [6.07, 6.45) is 3.11. The van der Waals surface area contributed by atoms with Crippen molar-refractivity contribution in [2.45, 2.75) is 31.6 Å². The van der Waals surface area contributed by atoms with Gasteiger partial charge in [-0.1, -0.05) is 0 Å². The molecule has 1 fully saturated rings. The summed E-state index contributed by atoms with van der Waals surface area (Å²) in [7, 11) is -3.52. The van der Waals surface area contributed by atoms with Crippen molar-refractivity contribution in [1.82, 2.24) is 14.3 Å². The highest BCUT2D eigenvalue weighted by Gasteiger charge is 2.28. The highest BCUT2D eigenvalue weighted by atomic mass is 32.2. The quantitative estimate of drug-likeness (QED) is 0.879. The van der Waals surface area contributed by atoms with E-state index in [1.807, 2.05) is 13.8 Å². The van der Waals surface area contributed by atoms with E-state index in [0.717, 1.165) is 23.4 Å². The summed E-state index contributed by atoms with van der Waals surface area (Å²) in [6.45, 7) is 4.87. The van der Waals surface area contributed by atoms with Gasteiger partial charge >= 0.3 is 0 Å². The lowest BCUT2D eigenvalue weighted by Crippen LogP contribution is -2.27. The smallest absolute Gasteiger partial charge is 0.273 e. The molecule has 3 heterocycles. The van der Waals surface area contributed by atoms with Gasteiger partial charge in [-0.25, -0.2) is 13.4 Å². The van der Waals surface area contributed by atoms with Gasteiger partial charge in [0.1, 0.15) is 10.6 Å². The molecule has 0 spiro atoms. The number of aryl methyl sites for hydroxylation is 2. The van der Waals surface area contributed by atoms with Gasteiger partial charge in [-0.3, -0.25) is 10.1 Å². The predicted octanol–water partition coefficient (Wildman–Crippen LogP) is 2.12. The molecule has 1 aliphatic heterocycles. The number of anilines is 1. The van der Waals surface area contributed by atoms with Gasteiger partial charge in [-0.05, 0) is 32.8 Å². The monoisotopic (exact) mass is 354 g/mol. The Balaban J connectivity index is 1.77. The van der Waals surface area contributed by atoms with Gasteiger partial charge in [0.05, 0.1) is 5.69 Å². The zero-order valence-corrected chi connectivity index (χ0v) is 14.6. The molecule has 9 heteroatoms. The lowest BCUT2D eigenvalue weighted by Gasteiger charge is -2.13. The molecule has 2 aromatic heterocycles. The van der Waals surface area contributed by atoms with E-state index in [9.17, 15) is 13.2 Å². The first-order valence-electron chi connectivity index (χ1n) is 7.32. The van der Waals surface area contributed by atoms with E-state index in [1.165, 1.54) is 27.9 Å². The van der Waals surface area contributed by atoms with Crippen LogP contribution < -0.4 is 5.32 Å². The van der Waals surface area contributed by atoms with Crippen LogP contribution in [0.25, 0.3) is 0 Å². The van der Waals surface area contributed by atoms with Crippen LogP contribution in [0, 0.1) is 13.8 Å². The minimum absolute atomic E-state index is 0.121. The Morgan fingerprint density at radius 2 is 2.04 bits per heavy atom. The number of sulfonamides is 1. The molecule has 7 nitrogen and oxygen atoms in total. The third-order valence-electron chi connectivity index (χ3n) is 3.85. The lowest BCUT2D eigenvalue weighted by molar-refractivity contribution is 0.102. The number of carbonyl (C=O) groups excluding carboxylic acids is 1. The van der Waals surface area contributed by atoms with Crippen LogP contribution in [0.3, 0.4) is 0 Å². The van der Waals surface area contributed by atoms with Gasteiger partial charge in [0.25, 0.3) is 5.91 Å². The maximum Gasteiger partial charge on any atom is 0.273 e. The standard InChI is InChI=1S/C14H18N4O3S2/c1-9-10(2)22-14(16-9)17-13(19)12-7-11(8-15-12)23(20,21)18-5-3-4-6-18/h7-8,15H,3-6H2,1-2H3,(H,16,17,19). The summed E-state index contributed by atoms with van der Waals surface area (Å²) in [4.78, 5) is 20.3. The summed E-state index contributed by atoms with van der Waals surface area (Å²) in [5, 5.41) is 3.19. The number of hydrogen-bond acceptors (Lipinski definition) is 5. The summed E-state index contributed by atoms with van der Waals surface area (Å²) >= 11 is 1.39. The van der Waals surface area contributed by atoms with Crippen molar-refractivity contribution in [3.63, 3.8) is 0 Å². The minimum atomic E-state index is -3.52. The topological polar surface area (TPSA) is 95.2 Å². The van der Waals surface area contributed by atoms with Gasteiger partial charge in [0, 0.05) is 24.2 Å². The SMILES string of the molecule is Cc1nc(NC(=O)c2cc(S(=O)(=O)N3CCCC3)c[nH]2)sc1C. The van der Waals surface area contributed by atoms with Crippen molar-refractivity contribution in [2.24, 2.45) is 0 Å². The zero-order chi connectivity index (χ0) is 16.6. The predicted molar refractivity (Wildman–Crippen MR) is 88.3 cm³/mol. The Morgan fingerprint density at radius 1 is 1.35 bits per heavy atom. The van der Waals surface area contributed by atoms with Gasteiger partial charge in [0.2, 0.25) is 10.0 Å². The maximum absolute atomic E-state index is 12.4. The Labute approximate surface area is 138 Å². The molecule has 23 heavy (non-hydrogen) atoms. The van der Waals surface area contributed by atoms with E-state index >= 15 is 0 Å². The van der Waals surface area contributed by atoms with Gasteiger partial charge in [0.15, 0.2) is 5.13 Å². The summed E-state index contributed by atoms with van der Waals surface area (Å²) < 4.78 is 26.3. The van der Waals surface area contributed by atoms with E-state index < -0.39 is 15.9 Å². The average Bonchev–Trinajstić information content (AvgIpc) is 3.21. The molecule has 0 bridgehead atoms. The molecule has 0 aliphatic carbocycles. The normalized spacial score (nSPS) is 15.9. The first-order chi connectivity index (χ1) is 10.9. The largest absolute Gasteiger partial charge is 0.356 e. The van der Waals surface area contributed by atoms with Crippen molar-refractivity contribution < 1.29 is 13.2 Å². The van der Waals surface area contributed by atoms with Crippen LogP contribution in [-0.4, -0.2) is 41.7 Å². The van der Waals surface area contributed by atoms with E-state index in [-0.39, 0.29) is 10.6 Å². The fourth-order valence-electron chi connectivity index (χ4n) is 2.42. The second-order valence-corrected chi connectivity index (χ2v) is 8.62. The molecule has 1 amide bonds. The number of carbonyl (C=O) groups is 1. The van der Waals surface area contributed by atoms with Gasteiger partial charge in [-0.2, -0.15) is 4.31 Å². The number of rotatable bonds is 4. The van der Waals surface area contributed by atoms with Crippen LogP contribution >= 0.6 is 11.3 Å². The van der Waals surface area contributed by atoms with Crippen LogP contribution in [-0.2, 0) is 10.0 Å². The maximum atomic E-state index is 12.4. The molecule has 2 aromatic rings. The first kappa shape index (κ1) is 16.2. The summed E-state index contributed by atoms with van der Waals surface area (Å²) in [5.74, 6) is -0.401. The Bertz CT molecular complexity index is 813. The number of H-pyrrole nitrogens is 1. The number of aromatic nitrogens is 2. The van der Waals surface area contributed by atoms with Crippen molar-refractivity contribution in [1.29, 1.82) is 0 Å². The average molecular weight is 354 g/mol. The van der Waals surface area contributed by atoms with Crippen molar-refractivity contribution in [3.05, 3.63) is 28.5 Å². The molecule has 0 saturated carbocycles. The molecule has 0 atom stereocenters. The number of hydrogen-bond donors (Lipinski definition) is 2. The van der Waals surface area contributed by atoms with E-state index in [4.69, 9.17) is 0 Å². The molecule has 3 rings (SSSR count). The highest BCUT2D eigenvalue weighted by Crippen LogP contribution is 2.23. The molecule has 0 aromatic carbocycles. The molecular weight excluding hydrogens is 336 g/mol. The molecule has 0 unspecified atom stereocenters. The number of thiazole rings is 1.